The first-order chi connectivity index (χ1) is 8.76. The van der Waals surface area contributed by atoms with E-state index in [-0.39, 0.29) is 17.8 Å². The van der Waals surface area contributed by atoms with Crippen LogP contribution in [0.5, 0.6) is 0 Å². The van der Waals surface area contributed by atoms with Gasteiger partial charge in [-0.1, -0.05) is 0 Å². The van der Waals surface area contributed by atoms with E-state index in [0.29, 0.717) is 17.7 Å². The Balaban J connectivity index is 2.18. The highest BCUT2D eigenvalue weighted by Crippen LogP contribution is 2.08. The van der Waals surface area contributed by atoms with Gasteiger partial charge in [0.25, 0.3) is 5.91 Å². The number of methoxy groups -OCH3 is 1. The van der Waals surface area contributed by atoms with Gasteiger partial charge in [0, 0.05) is 25.4 Å². The lowest BCUT2D eigenvalue weighted by Crippen LogP contribution is -2.39. The predicted molar refractivity (Wildman–Crippen MR) is 66.8 cm³/mol. The van der Waals surface area contributed by atoms with Crippen molar-refractivity contribution in [3.63, 3.8) is 0 Å². The van der Waals surface area contributed by atoms with Crippen LogP contribution < -0.4 is 5.32 Å². The largest absolute Gasteiger partial charge is 0.383 e. The van der Waals surface area contributed by atoms with E-state index in [1.807, 2.05) is 0 Å². The van der Waals surface area contributed by atoms with Gasteiger partial charge >= 0.3 is 0 Å². The minimum atomic E-state index is -0.235. The van der Waals surface area contributed by atoms with Crippen LogP contribution in [0.15, 0.2) is 24.8 Å². The van der Waals surface area contributed by atoms with Gasteiger partial charge in [-0.3, -0.25) is 9.78 Å². The molecule has 2 aromatic heterocycles. The fourth-order valence-electron chi connectivity index (χ4n) is 1.60. The van der Waals surface area contributed by atoms with Crippen molar-refractivity contribution < 1.29 is 9.53 Å². The van der Waals surface area contributed by atoms with Crippen molar-refractivity contribution in [2.45, 2.75) is 6.04 Å². The highest BCUT2D eigenvalue weighted by molar-refractivity contribution is 6.18. The number of amides is 1. The number of fused-ring (bicyclic) bond motifs is 1. The lowest BCUT2D eigenvalue weighted by molar-refractivity contribution is 0.0908. The Morgan fingerprint density at radius 3 is 3.17 bits per heavy atom. The summed E-state index contributed by atoms with van der Waals surface area (Å²) in [6.07, 6.45) is 6.38. The molecule has 18 heavy (non-hydrogen) atoms. The van der Waals surface area contributed by atoms with Gasteiger partial charge in [-0.25, -0.2) is 4.52 Å². The third-order valence-electron chi connectivity index (χ3n) is 2.46. The molecular formula is C11H13ClN4O2. The number of aromatic nitrogens is 3. The van der Waals surface area contributed by atoms with Gasteiger partial charge in [0.15, 0.2) is 0 Å². The molecule has 0 aromatic carbocycles. The van der Waals surface area contributed by atoms with E-state index < -0.39 is 0 Å². The first kappa shape index (κ1) is 12.8. The van der Waals surface area contributed by atoms with Gasteiger partial charge in [-0.15, -0.1) is 11.6 Å². The Kier molecular flexibility index (Phi) is 4.11. The van der Waals surface area contributed by atoms with E-state index in [0.717, 1.165) is 0 Å². The molecule has 1 atom stereocenters. The van der Waals surface area contributed by atoms with Gasteiger partial charge in [-0.2, -0.15) is 5.10 Å². The standard InChI is InChI=1S/C11H13ClN4O2/c1-18-7-8(4-12)15-11(17)9-5-14-16-3-2-13-6-10(9)16/h2-3,5-6,8H,4,7H2,1H3,(H,15,17). The summed E-state index contributed by atoms with van der Waals surface area (Å²) >= 11 is 5.74. The lowest BCUT2D eigenvalue weighted by Gasteiger charge is -2.14. The van der Waals surface area contributed by atoms with Gasteiger partial charge in [-0.05, 0) is 0 Å². The van der Waals surface area contributed by atoms with Crippen LogP contribution in [0.1, 0.15) is 10.4 Å². The summed E-state index contributed by atoms with van der Waals surface area (Å²) in [5.41, 5.74) is 1.12. The Morgan fingerprint density at radius 1 is 1.61 bits per heavy atom. The average Bonchev–Trinajstić information content (AvgIpc) is 2.82. The topological polar surface area (TPSA) is 68.5 Å². The van der Waals surface area contributed by atoms with Crippen LogP contribution in [0.4, 0.5) is 0 Å². The molecule has 1 amide bonds. The molecule has 0 spiro atoms. The number of nitrogens with one attached hydrogen (secondary N) is 1. The fraction of sp³-hybridized carbons (Fsp3) is 0.364. The number of rotatable bonds is 5. The second-order valence-electron chi connectivity index (χ2n) is 3.74. The molecule has 6 nitrogen and oxygen atoms in total. The molecule has 1 unspecified atom stereocenters. The van der Waals surface area contributed by atoms with Crippen molar-refractivity contribution in [3.8, 4) is 0 Å². The highest BCUT2D eigenvalue weighted by atomic mass is 35.5. The Hall–Kier alpha value is -1.66. The normalized spacial score (nSPS) is 12.6. The van der Waals surface area contributed by atoms with E-state index in [1.165, 1.54) is 6.20 Å². The monoisotopic (exact) mass is 268 g/mol. The van der Waals surface area contributed by atoms with Crippen molar-refractivity contribution >= 4 is 23.0 Å². The number of ether oxygens (including phenoxy) is 1. The number of carbonyl (C=O) groups excluding carboxylic acids is 1. The fourth-order valence-corrected chi connectivity index (χ4v) is 1.76. The molecule has 2 aromatic rings. The van der Waals surface area contributed by atoms with Crippen LogP contribution in [0.3, 0.4) is 0 Å². The van der Waals surface area contributed by atoms with Gasteiger partial charge in [0.1, 0.15) is 0 Å². The van der Waals surface area contributed by atoms with Crippen LogP contribution in [-0.4, -0.2) is 46.1 Å². The van der Waals surface area contributed by atoms with Gasteiger partial charge in [0.05, 0.1) is 36.1 Å². The first-order valence-electron chi connectivity index (χ1n) is 5.39. The van der Waals surface area contributed by atoms with Crippen LogP contribution >= 0.6 is 11.6 Å². The van der Waals surface area contributed by atoms with E-state index in [2.05, 4.69) is 15.4 Å². The summed E-state index contributed by atoms with van der Waals surface area (Å²) in [6.45, 7) is 0.368. The van der Waals surface area contributed by atoms with Crippen LogP contribution in [0, 0.1) is 0 Å². The van der Waals surface area contributed by atoms with Crippen molar-refractivity contribution in [3.05, 3.63) is 30.4 Å². The summed E-state index contributed by atoms with van der Waals surface area (Å²) in [5.74, 6) is 0.0533. The molecule has 0 aliphatic heterocycles. The highest BCUT2D eigenvalue weighted by Gasteiger charge is 2.16. The zero-order valence-corrected chi connectivity index (χ0v) is 10.6. The molecular weight excluding hydrogens is 256 g/mol. The number of hydrogen-bond acceptors (Lipinski definition) is 4. The van der Waals surface area contributed by atoms with Crippen LogP contribution in [0.25, 0.3) is 5.52 Å². The number of alkyl halides is 1. The molecule has 2 heterocycles. The number of nitrogens with zero attached hydrogens (tertiary/aromatic N) is 3. The summed E-state index contributed by atoms with van der Waals surface area (Å²) in [6, 6.07) is -0.226. The van der Waals surface area contributed by atoms with Crippen molar-refractivity contribution in [1.29, 1.82) is 0 Å². The molecule has 0 saturated carbocycles. The molecule has 1 N–H and O–H groups in total. The number of hydrogen-bond donors (Lipinski definition) is 1. The minimum absolute atomic E-state index is 0.226. The van der Waals surface area contributed by atoms with Gasteiger partial charge in [0.2, 0.25) is 0 Å². The molecule has 7 heteroatoms. The third-order valence-corrected chi connectivity index (χ3v) is 2.83. The van der Waals surface area contributed by atoms with Crippen molar-refractivity contribution in [1.82, 2.24) is 19.9 Å². The van der Waals surface area contributed by atoms with E-state index >= 15 is 0 Å². The molecule has 0 saturated heterocycles. The molecule has 0 radical (unpaired) electrons. The molecule has 0 aliphatic carbocycles. The predicted octanol–water partition coefficient (Wildman–Crippen LogP) is 0.713. The molecule has 0 aliphatic rings. The van der Waals surface area contributed by atoms with E-state index in [4.69, 9.17) is 16.3 Å². The number of halogens is 1. The number of carbonyl (C=O) groups is 1. The quantitative estimate of drug-likeness (QED) is 0.811. The molecule has 0 bridgehead atoms. The van der Waals surface area contributed by atoms with Crippen LogP contribution in [-0.2, 0) is 4.74 Å². The Labute approximate surface area is 109 Å². The van der Waals surface area contributed by atoms with Crippen molar-refractivity contribution in [2.75, 3.05) is 19.6 Å². The summed E-state index contributed by atoms with van der Waals surface area (Å²) < 4.78 is 6.56. The Morgan fingerprint density at radius 2 is 2.44 bits per heavy atom. The first-order valence-corrected chi connectivity index (χ1v) is 5.93. The lowest BCUT2D eigenvalue weighted by atomic mass is 10.2. The summed E-state index contributed by atoms with van der Waals surface area (Å²) in [5, 5.41) is 6.86. The second-order valence-corrected chi connectivity index (χ2v) is 4.05. The summed E-state index contributed by atoms with van der Waals surface area (Å²) in [7, 11) is 1.56. The van der Waals surface area contributed by atoms with Gasteiger partial charge < -0.3 is 10.1 Å². The maximum Gasteiger partial charge on any atom is 0.255 e. The van der Waals surface area contributed by atoms with E-state index in [1.54, 1.807) is 30.2 Å². The van der Waals surface area contributed by atoms with Crippen LogP contribution in [0.2, 0.25) is 0 Å². The molecule has 2 rings (SSSR count). The SMILES string of the molecule is COCC(CCl)NC(=O)c1cnn2ccncc12. The zero-order chi connectivity index (χ0) is 13.0. The minimum Gasteiger partial charge on any atom is -0.383 e. The second kappa shape index (κ2) is 5.79. The Bertz CT molecular complexity index is 543. The van der Waals surface area contributed by atoms with E-state index in [9.17, 15) is 4.79 Å². The van der Waals surface area contributed by atoms with Crippen molar-refractivity contribution in [2.24, 2.45) is 0 Å². The zero-order valence-electron chi connectivity index (χ0n) is 9.84. The summed E-state index contributed by atoms with van der Waals surface area (Å²) in [4.78, 5) is 16.0. The third kappa shape index (κ3) is 2.60. The maximum atomic E-state index is 12.1. The molecule has 96 valence electrons. The molecule has 0 fully saturated rings. The average molecular weight is 269 g/mol. The maximum absolute atomic E-state index is 12.1. The smallest absolute Gasteiger partial charge is 0.255 e.